The smallest absolute Gasteiger partial charge is 0.338 e. The summed E-state index contributed by atoms with van der Waals surface area (Å²) in [6, 6.07) is 13.7. The summed E-state index contributed by atoms with van der Waals surface area (Å²) in [6.45, 7) is 5.64. The maximum absolute atomic E-state index is 12.9. The standard InChI is InChI=1S/C23H20N2O5/c1-3-25(4-2)14-10-11-15-16(12-14)30-22-19(24-15)18(23(28)29)17(20(26)21(22)27)13-8-6-5-7-9-13/h5-12,24H,3-4H2,1-2H3,(H,28,29). The van der Waals surface area contributed by atoms with E-state index in [4.69, 9.17) is 4.42 Å². The van der Waals surface area contributed by atoms with Gasteiger partial charge in [0.05, 0.1) is 16.6 Å². The molecule has 0 bridgehead atoms. The molecule has 2 aliphatic rings. The molecule has 2 N–H and O–H groups in total. The first kappa shape index (κ1) is 19.4. The number of aromatic nitrogens is 1. The number of carboxylic acid groups (broad SMARTS) is 1. The van der Waals surface area contributed by atoms with Crippen LogP contribution in [0.4, 0.5) is 5.69 Å². The van der Waals surface area contributed by atoms with E-state index in [0.29, 0.717) is 16.7 Å². The summed E-state index contributed by atoms with van der Waals surface area (Å²) in [6.07, 6.45) is 0. The average Bonchev–Trinajstić information content (AvgIpc) is 2.76. The quantitative estimate of drug-likeness (QED) is 0.494. The highest BCUT2D eigenvalue weighted by atomic mass is 16.4. The highest BCUT2D eigenvalue weighted by molar-refractivity contribution is 5.96. The number of H-pyrrole nitrogens is 1. The van der Waals surface area contributed by atoms with Crippen LogP contribution in [-0.4, -0.2) is 29.1 Å². The molecular formula is C23H20N2O5. The normalized spacial score (nSPS) is 11.1. The van der Waals surface area contributed by atoms with Gasteiger partial charge in [0.15, 0.2) is 5.58 Å². The highest BCUT2D eigenvalue weighted by Gasteiger charge is 2.23. The minimum Gasteiger partial charge on any atom is -0.478 e. The summed E-state index contributed by atoms with van der Waals surface area (Å²) in [5, 5.41) is 9.88. The number of nitrogens with one attached hydrogen (secondary N) is 1. The zero-order valence-electron chi connectivity index (χ0n) is 16.6. The second-order valence-electron chi connectivity index (χ2n) is 6.86. The van der Waals surface area contributed by atoms with Gasteiger partial charge in [-0.1, -0.05) is 30.3 Å². The topological polar surface area (TPSA) is 104 Å². The van der Waals surface area contributed by atoms with Gasteiger partial charge in [0, 0.05) is 24.8 Å². The van der Waals surface area contributed by atoms with Crippen molar-refractivity contribution in [3.63, 3.8) is 0 Å². The molecule has 4 rings (SSSR count). The van der Waals surface area contributed by atoms with E-state index in [-0.39, 0.29) is 21.9 Å². The molecule has 0 aromatic heterocycles. The zero-order valence-corrected chi connectivity index (χ0v) is 16.6. The van der Waals surface area contributed by atoms with E-state index in [0.717, 1.165) is 18.8 Å². The van der Waals surface area contributed by atoms with Gasteiger partial charge in [0.2, 0.25) is 10.8 Å². The van der Waals surface area contributed by atoms with Gasteiger partial charge >= 0.3 is 5.97 Å². The molecule has 152 valence electrons. The van der Waals surface area contributed by atoms with E-state index in [9.17, 15) is 19.5 Å². The molecule has 0 unspecified atom stereocenters. The summed E-state index contributed by atoms with van der Waals surface area (Å²) in [7, 11) is 0. The fourth-order valence-electron chi connectivity index (χ4n) is 3.72. The van der Waals surface area contributed by atoms with Crippen LogP contribution < -0.4 is 15.8 Å². The van der Waals surface area contributed by atoms with Crippen molar-refractivity contribution in [2.24, 2.45) is 0 Å². The van der Waals surface area contributed by atoms with Crippen LogP contribution >= 0.6 is 0 Å². The fourth-order valence-corrected chi connectivity index (χ4v) is 3.72. The minimum atomic E-state index is -1.32. The molecule has 0 saturated heterocycles. The Morgan fingerprint density at radius 2 is 1.73 bits per heavy atom. The van der Waals surface area contributed by atoms with E-state index in [1.54, 1.807) is 42.5 Å². The van der Waals surface area contributed by atoms with Gasteiger partial charge in [-0.15, -0.1) is 0 Å². The SMILES string of the molecule is CCN(CC)c1ccc2[nH]c3c(C(=O)O)c(-c4ccccc4)c(=O)c(=O)c=3oc2c1. The second-order valence-corrected chi connectivity index (χ2v) is 6.86. The van der Waals surface area contributed by atoms with Crippen LogP contribution in [0.3, 0.4) is 0 Å². The van der Waals surface area contributed by atoms with Crippen molar-refractivity contribution in [2.75, 3.05) is 18.0 Å². The number of carbonyl (C=O) groups is 1. The second kappa shape index (κ2) is 7.51. The third-order valence-electron chi connectivity index (χ3n) is 5.21. The number of nitrogens with zero attached hydrogens (tertiary/aromatic N) is 1. The summed E-state index contributed by atoms with van der Waals surface area (Å²) >= 11 is 0. The Balaban J connectivity index is 2.14. The predicted octanol–water partition coefficient (Wildman–Crippen LogP) is 3.42. The van der Waals surface area contributed by atoms with Crippen LogP contribution in [0.1, 0.15) is 24.2 Å². The third kappa shape index (κ3) is 3.04. The van der Waals surface area contributed by atoms with Crippen molar-refractivity contribution < 1.29 is 14.3 Å². The van der Waals surface area contributed by atoms with E-state index in [1.165, 1.54) is 0 Å². The van der Waals surface area contributed by atoms with Crippen LogP contribution in [0.25, 0.3) is 22.2 Å². The first-order chi connectivity index (χ1) is 14.5. The number of hydrogen-bond donors (Lipinski definition) is 2. The largest absolute Gasteiger partial charge is 0.478 e. The molecule has 2 aromatic rings. The van der Waals surface area contributed by atoms with Gasteiger partial charge in [-0.3, -0.25) is 9.59 Å². The first-order valence-electron chi connectivity index (χ1n) is 9.66. The Labute approximate surface area is 170 Å². The maximum Gasteiger partial charge on any atom is 0.338 e. The number of benzene rings is 2. The molecule has 7 nitrogen and oxygen atoms in total. The summed E-state index contributed by atoms with van der Waals surface area (Å²) in [5.74, 6) is -1.32. The summed E-state index contributed by atoms with van der Waals surface area (Å²) in [5.41, 5.74) is -0.331. The minimum absolute atomic E-state index is 0.00552. The molecule has 0 amide bonds. The van der Waals surface area contributed by atoms with Crippen LogP contribution in [0.5, 0.6) is 0 Å². The maximum atomic E-state index is 12.9. The van der Waals surface area contributed by atoms with Crippen molar-refractivity contribution in [3.8, 4) is 11.1 Å². The number of hydrogen-bond acceptors (Lipinski definition) is 5. The number of carboxylic acids is 1. The van der Waals surface area contributed by atoms with E-state index in [2.05, 4.69) is 9.88 Å². The molecular weight excluding hydrogens is 384 g/mol. The molecule has 1 heterocycles. The Hall–Kier alpha value is -3.87. The van der Waals surface area contributed by atoms with Crippen LogP contribution in [-0.2, 0) is 0 Å². The zero-order chi connectivity index (χ0) is 21.4. The lowest BCUT2D eigenvalue weighted by atomic mass is 9.98. The lowest BCUT2D eigenvalue weighted by Crippen LogP contribution is -2.30. The van der Waals surface area contributed by atoms with Crippen LogP contribution in [0.2, 0.25) is 0 Å². The third-order valence-corrected chi connectivity index (χ3v) is 5.21. The number of aromatic carboxylic acids is 1. The van der Waals surface area contributed by atoms with Gasteiger partial charge < -0.3 is 19.4 Å². The van der Waals surface area contributed by atoms with Gasteiger partial charge in [-0.25, -0.2) is 4.79 Å². The molecule has 7 heteroatoms. The van der Waals surface area contributed by atoms with Gasteiger partial charge in [-0.05, 0) is 31.5 Å². The van der Waals surface area contributed by atoms with Crippen molar-refractivity contribution >= 4 is 22.8 Å². The van der Waals surface area contributed by atoms with Crippen molar-refractivity contribution in [2.45, 2.75) is 13.8 Å². The van der Waals surface area contributed by atoms with Gasteiger partial charge in [0.1, 0.15) is 5.35 Å². The lowest BCUT2D eigenvalue weighted by Gasteiger charge is -2.21. The Morgan fingerprint density at radius 3 is 2.37 bits per heavy atom. The van der Waals surface area contributed by atoms with E-state index >= 15 is 0 Å². The molecule has 0 radical (unpaired) electrons. The average molecular weight is 404 g/mol. The van der Waals surface area contributed by atoms with E-state index < -0.39 is 16.8 Å². The van der Waals surface area contributed by atoms with Crippen molar-refractivity contribution in [1.29, 1.82) is 0 Å². The summed E-state index contributed by atoms with van der Waals surface area (Å²) < 4.78 is 5.79. The summed E-state index contributed by atoms with van der Waals surface area (Å²) in [4.78, 5) is 42.9. The van der Waals surface area contributed by atoms with Crippen molar-refractivity contribution in [3.05, 3.63) is 85.3 Å². The molecule has 2 aromatic carbocycles. The number of fused-ring (bicyclic) bond motifs is 1. The van der Waals surface area contributed by atoms with Gasteiger partial charge in [0.25, 0.3) is 5.43 Å². The fraction of sp³-hybridized carbons (Fsp3) is 0.174. The Bertz CT molecular complexity index is 1430. The number of aromatic amines is 1. The molecule has 1 aliphatic heterocycles. The number of rotatable bonds is 5. The molecule has 0 atom stereocenters. The molecule has 1 aliphatic carbocycles. The van der Waals surface area contributed by atoms with Crippen molar-refractivity contribution in [1.82, 2.24) is 4.98 Å². The molecule has 0 spiro atoms. The molecule has 30 heavy (non-hydrogen) atoms. The van der Waals surface area contributed by atoms with Gasteiger partial charge in [-0.2, -0.15) is 0 Å². The highest BCUT2D eigenvalue weighted by Crippen LogP contribution is 2.24. The first-order valence-corrected chi connectivity index (χ1v) is 9.66. The molecule has 0 saturated carbocycles. The molecule has 0 fully saturated rings. The van der Waals surface area contributed by atoms with Crippen LogP contribution in [0, 0.1) is 10.8 Å². The predicted molar refractivity (Wildman–Crippen MR) is 114 cm³/mol. The number of anilines is 1. The lowest BCUT2D eigenvalue weighted by molar-refractivity contribution is 0.0695. The monoisotopic (exact) mass is 404 g/mol. The van der Waals surface area contributed by atoms with E-state index in [1.807, 2.05) is 19.9 Å². The van der Waals surface area contributed by atoms with Crippen LogP contribution in [0.15, 0.2) is 62.5 Å². The Kier molecular flexibility index (Phi) is 4.87. The Morgan fingerprint density at radius 1 is 1.03 bits per heavy atom.